The summed E-state index contributed by atoms with van der Waals surface area (Å²) in [6.07, 6.45) is -4.36. The molecule has 242 valence electrons. The summed E-state index contributed by atoms with van der Waals surface area (Å²) < 4.78 is 80.4. The molecule has 1 aromatic heterocycles. The number of halogens is 5. The molecule has 45 heavy (non-hydrogen) atoms. The van der Waals surface area contributed by atoms with Crippen LogP contribution in [0.3, 0.4) is 0 Å². The van der Waals surface area contributed by atoms with Gasteiger partial charge >= 0.3 is 6.18 Å². The molecule has 0 unspecified atom stereocenters. The molecule has 0 spiro atoms. The number of carbonyl (C=O) groups excluding carboxylic acids is 3. The van der Waals surface area contributed by atoms with E-state index in [4.69, 9.17) is 11.6 Å². The van der Waals surface area contributed by atoms with E-state index in [-0.39, 0.29) is 24.7 Å². The molecule has 3 heterocycles. The fourth-order valence-electron chi connectivity index (χ4n) is 5.71. The molecule has 3 atom stereocenters. The van der Waals surface area contributed by atoms with Crippen molar-refractivity contribution in [1.82, 2.24) is 24.8 Å². The van der Waals surface area contributed by atoms with Crippen molar-refractivity contribution in [2.45, 2.75) is 56.4 Å². The van der Waals surface area contributed by atoms with E-state index >= 15 is 0 Å². The topological polar surface area (TPSA) is 132 Å². The summed E-state index contributed by atoms with van der Waals surface area (Å²) in [5, 5.41) is 2.86. The maximum Gasteiger partial charge on any atom is 0.416 e. The number of nitrogens with zero attached hydrogens (tertiary/aromatic N) is 2. The van der Waals surface area contributed by atoms with Gasteiger partial charge in [0.2, 0.25) is 21.8 Å². The van der Waals surface area contributed by atoms with E-state index < -0.39 is 79.4 Å². The standard InChI is InChI=1S/C29H30ClF4N5O5S/c1-28(2,3)25(37-26(41)22-9-15-8-17(31)5-7-21(15)36-22)27(42)39-14-18-11-19(39)13-38(18)24(40)12-35-45(43,44)23-10-16(29(32,33)34)4-6-20(23)30/h4-10,18-19,25,35-36H,11-14H2,1-3H3,(H,37,41)/t18-,19-,25+/m0/s1. The first-order chi connectivity index (χ1) is 20.8. The number of fused-ring (bicyclic) bond motifs is 3. The molecule has 5 rings (SSSR count). The number of piperazine rings is 1. The van der Waals surface area contributed by atoms with Gasteiger partial charge in [-0.1, -0.05) is 32.4 Å². The number of benzene rings is 2. The number of alkyl halides is 3. The molecule has 2 aliphatic heterocycles. The highest BCUT2D eigenvalue weighted by atomic mass is 35.5. The van der Waals surface area contributed by atoms with Crippen LogP contribution < -0.4 is 10.0 Å². The highest BCUT2D eigenvalue weighted by Gasteiger charge is 2.49. The van der Waals surface area contributed by atoms with Gasteiger partial charge in [0.1, 0.15) is 22.4 Å². The Labute approximate surface area is 261 Å². The van der Waals surface area contributed by atoms with Crippen molar-refractivity contribution in [2.75, 3.05) is 19.6 Å². The van der Waals surface area contributed by atoms with Gasteiger partial charge in [-0.3, -0.25) is 14.4 Å². The summed E-state index contributed by atoms with van der Waals surface area (Å²) in [5.41, 5.74) is -1.19. The average Bonchev–Trinajstić information content (AvgIpc) is 3.67. The van der Waals surface area contributed by atoms with Gasteiger partial charge in [-0.2, -0.15) is 13.2 Å². The van der Waals surface area contributed by atoms with E-state index in [1.54, 1.807) is 25.7 Å². The molecule has 3 N–H and O–H groups in total. The van der Waals surface area contributed by atoms with Crippen LogP contribution in [0.2, 0.25) is 5.02 Å². The lowest BCUT2D eigenvalue weighted by atomic mass is 9.85. The Hall–Kier alpha value is -3.69. The Morgan fingerprint density at radius 2 is 1.69 bits per heavy atom. The third-order valence-corrected chi connectivity index (χ3v) is 9.90. The maximum atomic E-state index is 13.7. The van der Waals surface area contributed by atoms with E-state index in [0.717, 1.165) is 6.07 Å². The lowest BCUT2D eigenvalue weighted by Gasteiger charge is -2.39. The van der Waals surface area contributed by atoms with Crippen LogP contribution in [0.4, 0.5) is 17.6 Å². The van der Waals surface area contributed by atoms with Crippen LogP contribution in [0.25, 0.3) is 10.9 Å². The van der Waals surface area contributed by atoms with E-state index in [2.05, 4.69) is 10.3 Å². The first-order valence-electron chi connectivity index (χ1n) is 13.9. The summed E-state index contributed by atoms with van der Waals surface area (Å²) in [6.45, 7) is 4.92. The maximum absolute atomic E-state index is 13.7. The summed E-state index contributed by atoms with van der Waals surface area (Å²) >= 11 is 5.86. The number of aromatic nitrogens is 1. The second-order valence-electron chi connectivity index (χ2n) is 12.2. The molecule has 2 saturated heterocycles. The SMILES string of the molecule is CC(C)(C)[C@H](NC(=O)c1cc2cc(F)ccc2[nH]1)C(=O)N1C[C@@H]2C[C@H]1CN2C(=O)CNS(=O)(=O)c1cc(C(F)(F)F)ccc1Cl. The van der Waals surface area contributed by atoms with Crippen LogP contribution in [0.1, 0.15) is 43.2 Å². The lowest BCUT2D eigenvalue weighted by Crippen LogP contribution is -2.59. The molecule has 0 aliphatic carbocycles. The molecule has 2 aromatic carbocycles. The first-order valence-corrected chi connectivity index (χ1v) is 15.8. The van der Waals surface area contributed by atoms with Crippen molar-refractivity contribution >= 4 is 50.2 Å². The van der Waals surface area contributed by atoms with Crippen molar-refractivity contribution in [3.8, 4) is 0 Å². The summed E-state index contributed by atoms with van der Waals surface area (Å²) in [4.78, 5) is 45.0. The van der Waals surface area contributed by atoms with Gasteiger partial charge in [0, 0.05) is 24.0 Å². The molecule has 16 heteroatoms. The smallest absolute Gasteiger partial charge is 0.351 e. The van der Waals surface area contributed by atoms with Crippen LogP contribution in [0, 0.1) is 11.2 Å². The Kier molecular flexibility index (Phi) is 8.42. The van der Waals surface area contributed by atoms with E-state index in [1.165, 1.54) is 29.2 Å². The van der Waals surface area contributed by atoms with Gasteiger partial charge in [-0.25, -0.2) is 17.5 Å². The number of aromatic amines is 1. The highest BCUT2D eigenvalue weighted by Crippen LogP contribution is 2.35. The molecule has 0 saturated carbocycles. The van der Waals surface area contributed by atoms with E-state index in [9.17, 15) is 40.4 Å². The van der Waals surface area contributed by atoms with E-state index in [0.29, 0.717) is 29.5 Å². The lowest BCUT2D eigenvalue weighted by molar-refractivity contribution is -0.142. The van der Waals surface area contributed by atoms with Gasteiger partial charge in [0.05, 0.1) is 29.2 Å². The van der Waals surface area contributed by atoms with Crippen LogP contribution in [0.5, 0.6) is 0 Å². The molecular weight excluding hydrogens is 642 g/mol. The Bertz CT molecular complexity index is 1790. The number of likely N-dealkylation sites (tertiary alicyclic amines) is 2. The monoisotopic (exact) mass is 671 g/mol. The van der Waals surface area contributed by atoms with Crippen LogP contribution in [0.15, 0.2) is 47.4 Å². The number of sulfonamides is 1. The third kappa shape index (κ3) is 6.65. The van der Waals surface area contributed by atoms with Crippen molar-refractivity contribution in [2.24, 2.45) is 5.41 Å². The summed E-state index contributed by atoms with van der Waals surface area (Å²) in [7, 11) is -4.56. The highest BCUT2D eigenvalue weighted by molar-refractivity contribution is 7.89. The minimum Gasteiger partial charge on any atom is -0.351 e. The molecule has 0 radical (unpaired) electrons. The van der Waals surface area contributed by atoms with Crippen molar-refractivity contribution in [3.63, 3.8) is 0 Å². The zero-order chi connectivity index (χ0) is 33.1. The molecule has 2 fully saturated rings. The average molecular weight is 672 g/mol. The number of hydrogen-bond donors (Lipinski definition) is 3. The second-order valence-corrected chi connectivity index (χ2v) is 14.4. The zero-order valence-electron chi connectivity index (χ0n) is 24.3. The summed E-state index contributed by atoms with van der Waals surface area (Å²) in [6, 6.07) is 5.67. The number of hydrogen-bond acceptors (Lipinski definition) is 5. The quantitative estimate of drug-likeness (QED) is 0.328. The predicted molar refractivity (Wildman–Crippen MR) is 156 cm³/mol. The minimum atomic E-state index is -4.80. The zero-order valence-corrected chi connectivity index (χ0v) is 25.9. The molecule has 3 aromatic rings. The number of amides is 3. The third-order valence-electron chi connectivity index (χ3n) is 8.02. The van der Waals surface area contributed by atoms with Gasteiger partial charge in [0.25, 0.3) is 5.91 Å². The Morgan fingerprint density at radius 1 is 1.02 bits per heavy atom. The number of carbonyl (C=O) groups is 3. The molecule has 3 amide bonds. The van der Waals surface area contributed by atoms with Gasteiger partial charge < -0.3 is 20.1 Å². The number of nitrogens with one attached hydrogen (secondary N) is 3. The van der Waals surface area contributed by atoms with Crippen molar-refractivity contribution in [1.29, 1.82) is 0 Å². The second kappa shape index (κ2) is 11.6. The van der Waals surface area contributed by atoms with Crippen LogP contribution in [-0.4, -0.2) is 78.7 Å². The normalized spacial score (nSPS) is 19.3. The van der Waals surface area contributed by atoms with E-state index in [1.807, 2.05) is 4.72 Å². The largest absolute Gasteiger partial charge is 0.416 e. The molecule has 2 bridgehead atoms. The fraction of sp³-hybridized carbons (Fsp3) is 0.414. The van der Waals surface area contributed by atoms with Crippen molar-refractivity contribution in [3.05, 3.63) is 64.6 Å². The fourth-order valence-corrected chi connectivity index (χ4v) is 7.21. The number of rotatable bonds is 7. The molecular formula is C29H30ClF4N5O5S. The summed E-state index contributed by atoms with van der Waals surface area (Å²) in [5.74, 6) is -1.96. The predicted octanol–water partition coefficient (Wildman–Crippen LogP) is 3.91. The van der Waals surface area contributed by atoms with Crippen LogP contribution in [-0.2, 0) is 25.8 Å². The Morgan fingerprint density at radius 3 is 2.31 bits per heavy atom. The first kappa shape index (κ1) is 32.7. The molecule has 2 aliphatic rings. The van der Waals surface area contributed by atoms with Gasteiger partial charge in [-0.05, 0) is 54.3 Å². The van der Waals surface area contributed by atoms with Crippen molar-refractivity contribution < 1.29 is 40.4 Å². The van der Waals surface area contributed by atoms with Gasteiger partial charge in [0.15, 0.2) is 0 Å². The van der Waals surface area contributed by atoms with Gasteiger partial charge in [-0.15, -0.1) is 0 Å². The molecule has 10 nitrogen and oxygen atoms in total. The van der Waals surface area contributed by atoms with Crippen LogP contribution >= 0.6 is 11.6 Å². The minimum absolute atomic E-state index is 0.111. The Balaban J connectivity index is 1.22. The number of H-pyrrole nitrogens is 1.